The lowest BCUT2D eigenvalue weighted by atomic mass is 9.77. The lowest BCUT2D eigenvalue weighted by Crippen LogP contribution is -2.55. The zero-order chi connectivity index (χ0) is 32.5. The van der Waals surface area contributed by atoms with Crippen molar-refractivity contribution in [3.05, 3.63) is 101 Å². The number of halogens is 1. The summed E-state index contributed by atoms with van der Waals surface area (Å²) in [6, 6.07) is 14.6. The van der Waals surface area contributed by atoms with Crippen LogP contribution >= 0.6 is 0 Å². The number of hydrogen-bond acceptors (Lipinski definition) is 9. The molecule has 1 aromatic heterocycles. The van der Waals surface area contributed by atoms with Gasteiger partial charge in [0.1, 0.15) is 18.0 Å². The van der Waals surface area contributed by atoms with Crippen molar-refractivity contribution < 1.29 is 47.9 Å². The lowest BCUT2D eigenvalue weighted by Gasteiger charge is -2.40. The van der Waals surface area contributed by atoms with Crippen molar-refractivity contribution in [2.75, 3.05) is 27.4 Å². The first-order chi connectivity index (χ1) is 22.3. The number of para-hydroxylation sites is 1. The summed E-state index contributed by atoms with van der Waals surface area (Å²) in [4.78, 5) is 29.3. The van der Waals surface area contributed by atoms with Crippen molar-refractivity contribution in [2.24, 2.45) is 0 Å². The molecule has 1 aliphatic carbocycles. The molecule has 0 radical (unpaired) electrons. The number of aliphatic hydroxyl groups excluding tert-OH is 3. The second kappa shape index (κ2) is 12.8. The standard InChI is InChI=1S/C34H33FN2O9/c1-43-25-5-3-4-20-14-27(45-30(20)25)34(42)37(16-18-6-8-21(35)9-7-18)24-15-23(33(41)36-10-11-38)28-22-12-19(17-39)13-26(44-2)31(22)46-32(28)29(24)40/h3-9,12-15,24,28-29,32,38-40H,10-11,16-17H2,1-2H3,(H,36,41). The summed E-state index contributed by atoms with van der Waals surface area (Å²) < 4.78 is 37.0. The van der Waals surface area contributed by atoms with Crippen molar-refractivity contribution in [3.63, 3.8) is 0 Å². The highest BCUT2D eigenvalue weighted by Crippen LogP contribution is 2.51. The maximum atomic E-state index is 14.3. The molecule has 2 amide bonds. The molecule has 2 aliphatic rings. The van der Waals surface area contributed by atoms with Gasteiger partial charge in [-0.2, -0.15) is 0 Å². The van der Waals surface area contributed by atoms with Gasteiger partial charge in [-0.05, 0) is 53.6 Å². The van der Waals surface area contributed by atoms with Crippen LogP contribution in [0.5, 0.6) is 17.2 Å². The van der Waals surface area contributed by atoms with Crippen LogP contribution in [0.15, 0.2) is 76.7 Å². The first-order valence-corrected chi connectivity index (χ1v) is 14.7. The highest BCUT2D eigenvalue weighted by atomic mass is 19.1. The lowest BCUT2D eigenvalue weighted by molar-refractivity contribution is -0.118. The quantitative estimate of drug-likeness (QED) is 0.207. The van der Waals surface area contributed by atoms with E-state index in [0.717, 1.165) is 0 Å². The molecule has 4 unspecified atom stereocenters. The van der Waals surface area contributed by atoms with Crippen LogP contribution in [0.3, 0.4) is 0 Å². The Bertz CT molecular complexity index is 1800. The van der Waals surface area contributed by atoms with Gasteiger partial charge in [-0.25, -0.2) is 4.39 Å². The molecule has 0 saturated heterocycles. The summed E-state index contributed by atoms with van der Waals surface area (Å²) in [7, 11) is 2.93. The van der Waals surface area contributed by atoms with Crippen LogP contribution in [0.1, 0.15) is 33.2 Å². The van der Waals surface area contributed by atoms with Gasteiger partial charge < -0.3 is 44.2 Å². The number of nitrogens with zero attached hydrogens (tertiary/aromatic N) is 1. The molecule has 0 spiro atoms. The minimum absolute atomic E-state index is 0.0342. The molecule has 240 valence electrons. The van der Waals surface area contributed by atoms with Gasteiger partial charge in [0.25, 0.3) is 5.91 Å². The number of methoxy groups -OCH3 is 2. The Morgan fingerprint density at radius 2 is 1.76 bits per heavy atom. The average molecular weight is 633 g/mol. The molecule has 0 fully saturated rings. The van der Waals surface area contributed by atoms with Gasteiger partial charge in [0.05, 0.1) is 39.4 Å². The van der Waals surface area contributed by atoms with E-state index in [9.17, 15) is 29.3 Å². The number of benzene rings is 3. The third kappa shape index (κ3) is 5.55. The van der Waals surface area contributed by atoms with Crippen LogP contribution in [0.2, 0.25) is 0 Å². The number of hydrogen-bond donors (Lipinski definition) is 4. The third-order valence-corrected chi connectivity index (χ3v) is 8.32. The molecule has 6 rings (SSSR count). The normalized spacial score (nSPS) is 19.9. The Morgan fingerprint density at radius 1 is 1.00 bits per heavy atom. The molecule has 46 heavy (non-hydrogen) atoms. The highest BCUT2D eigenvalue weighted by Gasteiger charge is 2.51. The van der Waals surface area contributed by atoms with E-state index in [1.165, 1.54) is 49.5 Å². The van der Waals surface area contributed by atoms with Gasteiger partial charge >= 0.3 is 0 Å². The van der Waals surface area contributed by atoms with Crippen LogP contribution in [0.4, 0.5) is 4.39 Å². The number of nitrogens with one attached hydrogen (secondary N) is 1. The van der Waals surface area contributed by atoms with E-state index in [2.05, 4.69) is 5.32 Å². The van der Waals surface area contributed by atoms with Gasteiger partial charge in [0, 0.05) is 29.6 Å². The van der Waals surface area contributed by atoms with Gasteiger partial charge in [-0.15, -0.1) is 0 Å². The van der Waals surface area contributed by atoms with E-state index in [4.69, 9.17) is 18.6 Å². The SMILES string of the molecule is COc1cc(CO)cc2c1OC1C2C(C(=O)NCCO)=CC(N(Cc2ccc(F)cc2)C(=O)c2cc3cccc(OC)c3o2)C1O. The first kappa shape index (κ1) is 31.1. The summed E-state index contributed by atoms with van der Waals surface area (Å²) in [5.74, 6) is -1.39. The molecular formula is C34H33FN2O9. The number of carbonyl (C=O) groups excluding carboxylic acids is 2. The summed E-state index contributed by atoms with van der Waals surface area (Å²) in [6.45, 7) is -0.726. The van der Waals surface area contributed by atoms with Crippen LogP contribution in [0, 0.1) is 5.82 Å². The van der Waals surface area contributed by atoms with Crippen LogP contribution in [-0.4, -0.2) is 77.7 Å². The van der Waals surface area contributed by atoms with Crippen LogP contribution < -0.4 is 19.5 Å². The van der Waals surface area contributed by atoms with Crippen molar-refractivity contribution in [1.29, 1.82) is 0 Å². The van der Waals surface area contributed by atoms with E-state index in [1.54, 1.807) is 36.4 Å². The monoisotopic (exact) mass is 632 g/mol. The van der Waals surface area contributed by atoms with E-state index < -0.39 is 41.8 Å². The fourth-order valence-corrected chi connectivity index (χ4v) is 6.16. The Morgan fingerprint density at radius 3 is 2.46 bits per heavy atom. The molecule has 0 saturated carbocycles. The van der Waals surface area contributed by atoms with Crippen LogP contribution in [-0.2, 0) is 17.9 Å². The maximum absolute atomic E-state index is 14.3. The molecule has 3 aromatic carbocycles. The molecule has 4 atom stereocenters. The smallest absolute Gasteiger partial charge is 0.290 e. The Kier molecular flexibility index (Phi) is 8.67. The number of furan rings is 1. The first-order valence-electron chi connectivity index (χ1n) is 14.7. The van der Waals surface area contributed by atoms with Gasteiger partial charge in [-0.1, -0.05) is 24.3 Å². The van der Waals surface area contributed by atoms with Crippen molar-refractivity contribution >= 4 is 22.8 Å². The fourth-order valence-electron chi connectivity index (χ4n) is 6.16. The van der Waals surface area contributed by atoms with E-state index >= 15 is 0 Å². The largest absolute Gasteiger partial charge is 0.493 e. The second-order valence-electron chi connectivity index (χ2n) is 11.1. The molecular weight excluding hydrogens is 599 g/mol. The summed E-state index contributed by atoms with van der Waals surface area (Å²) in [5, 5.41) is 34.6. The number of carbonyl (C=O) groups is 2. The number of rotatable bonds is 10. The minimum atomic E-state index is -1.36. The minimum Gasteiger partial charge on any atom is -0.493 e. The number of fused-ring (bicyclic) bond motifs is 4. The zero-order valence-electron chi connectivity index (χ0n) is 25.1. The Hall–Kier alpha value is -4.91. The van der Waals surface area contributed by atoms with Gasteiger partial charge in [0.15, 0.2) is 28.6 Å². The summed E-state index contributed by atoms with van der Waals surface area (Å²) in [5.41, 5.74) is 2.15. The Balaban J connectivity index is 1.48. The molecule has 0 bridgehead atoms. The predicted octanol–water partition coefficient (Wildman–Crippen LogP) is 3.05. The molecule has 4 N–H and O–H groups in total. The molecule has 12 heteroatoms. The molecule has 4 aromatic rings. The number of amides is 2. The molecule has 11 nitrogen and oxygen atoms in total. The second-order valence-corrected chi connectivity index (χ2v) is 11.1. The average Bonchev–Trinajstić information content (AvgIpc) is 3.69. The van der Waals surface area contributed by atoms with Crippen LogP contribution in [0.25, 0.3) is 11.0 Å². The predicted molar refractivity (Wildman–Crippen MR) is 163 cm³/mol. The van der Waals surface area contributed by atoms with Gasteiger partial charge in [0.2, 0.25) is 5.91 Å². The maximum Gasteiger partial charge on any atom is 0.290 e. The fraction of sp³-hybridized carbons (Fsp3) is 0.294. The third-order valence-electron chi connectivity index (χ3n) is 8.32. The number of ether oxygens (including phenoxy) is 3. The topological polar surface area (TPSA) is 151 Å². The van der Waals surface area contributed by atoms with E-state index in [1.807, 2.05) is 0 Å². The summed E-state index contributed by atoms with van der Waals surface area (Å²) >= 11 is 0. The summed E-state index contributed by atoms with van der Waals surface area (Å²) in [6.07, 6.45) is -0.890. The van der Waals surface area contributed by atoms with Gasteiger partial charge in [-0.3, -0.25) is 9.59 Å². The van der Waals surface area contributed by atoms with Crippen molar-refractivity contribution in [3.8, 4) is 17.2 Å². The zero-order valence-corrected chi connectivity index (χ0v) is 25.1. The van der Waals surface area contributed by atoms with Crippen molar-refractivity contribution in [2.45, 2.75) is 37.3 Å². The van der Waals surface area contributed by atoms with E-state index in [0.29, 0.717) is 44.9 Å². The Labute approximate surface area is 263 Å². The molecule has 1 aliphatic heterocycles. The van der Waals surface area contributed by atoms with E-state index in [-0.39, 0.29) is 37.6 Å². The molecule has 2 heterocycles. The number of aliphatic hydroxyl groups is 3. The van der Waals surface area contributed by atoms with Crippen molar-refractivity contribution in [1.82, 2.24) is 10.2 Å². The highest BCUT2D eigenvalue weighted by molar-refractivity contribution is 5.99.